The van der Waals surface area contributed by atoms with Crippen LogP contribution in [0.2, 0.25) is 0 Å². The van der Waals surface area contributed by atoms with Crippen LogP contribution in [0.5, 0.6) is 0 Å². The molecule has 0 aromatic carbocycles. The zero-order valence-electron chi connectivity index (χ0n) is 10.2. The molecule has 3 rings (SSSR count). The van der Waals surface area contributed by atoms with Crippen LogP contribution in [-0.4, -0.2) is 34.5 Å². The van der Waals surface area contributed by atoms with Crippen LogP contribution < -0.4 is 10.9 Å². The Labute approximate surface area is 113 Å². The van der Waals surface area contributed by atoms with Crippen LogP contribution in [0.3, 0.4) is 0 Å². The first kappa shape index (κ1) is 12.3. The van der Waals surface area contributed by atoms with E-state index < -0.39 is 5.91 Å². The van der Waals surface area contributed by atoms with Gasteiger partial charge in [0, 0.05) is 30.9 Å². The molecular formula is C12H13N3O3S. The van der Waals surface area contributed by atoms with E-state index in [4.69, 9.17) is 4.74 Å². The van der Waals surface area contributed by atoms with Gasteiger partial charge in [0.15, 0.2) is 4.96 Å². The molecule has 0 bridgehead atoms. The standard InChI is InChI=1S/C12H13N3O3S/c16-10(13-6-8-2-1-4-18-8)9-7-14-12-15(11(9)17)3-5-19-12/h3,5,7-8H,1-2,4,6H2,(H,13,16)/t8-/m0/s1. The van der Waals surface area contributed by atoms with E-state index in [0.717, 1.165) is 19.4 Å². The smallest absolute Gasteiger partial charge is 0.271 e. The van der Waals surface area contributed by atoms with Crippen LogP contribution in [0.1, 0.15) is 23.2 Å². The molecule has 100 valence electrons. The normalized spacial score (nSPS) is 18.8. The van der Waals surface area contributed by atoms with Crippen molar-refractivity contribution in [2.75, 3.05) is 13.2 Å². The fraction of sp³-hybridized carbons (Fsp3) is 0.417. The Kier molecular flexibility index (Phi) is 3.31. The van der Waals surface area contributed by atoms with E-state index >= 15 is 0 Å². The molecule has 0 spiro atoms. The van der Waals surface area contributed by atoms with E-state index in [2.05, 4.69) is 10.3 Å². The Bertz CT molecular complexity index is 658. The number of ether oxygens (including phenoxy) is 1. The molecule has 19 heavy (non-hydrogen) atoms. The lowest BCUT2D eigenvalue weighted by Gasteiger charge is -2.10. The summed E-state index contributed by atoms with van der Waals surface area (Å²) in [5.74, 6) is -0.395. The van der Waals surface area contributed by atoms with E-state index in [-0.39, 0.29) is 17.2 Å². The zero-order valence-corrected chi connectivity index (χ0v) is 11.0. The minimum Gasteiger partial charge on any atom is -0.376 e. The van der Waals surface area contributed by atoms with Crippen molar-refractivity contribution in [2.45, 2.75) is 18.9 Å². The van der Waals surface area contributed by atoms with E-state index in [1.54, 1.807) is 11.6 Å². The van der Waals surface area contributed by atoms with Crippen LogP contribution in [0.4, 0.5) is 0 Å². The third-order valence-corrected chi connectivity index (χ3v) is 3.87. The minimum atomic E-state index is -0.395. The summed E-state index contributed by atoms with van der Waals surface area (Å²) in [5.41, 5.74) is -0.273. The summed E-state index contributed by atoms with van der Waals surface area (Å²) in [5, 5.41) is 4.49. The fourth-order valence-corrected chi connectivity index (χ4v) is 2.76. The largest absolute Gasteiger partial charge is 0.376 e. The van der Waals surface area contributed by atoms with Crippen molar-refractivity contribution in [1.82, 2.24) is 14.7 Å². The Morgan fingerprint density at radius 2 is 2.53 bits per heavy atom. The Balaban J connectivity index is 1.77. The number of hydrogen-bond donors (Lipinski definition) is 1. The Hall–Kier alpha value is -1.73. The van der Waals surface area contributed by atoms with Crippen molar-refractivity contribution in [3.8, 4) is 0 Å². The van der Waals surface area contributed by atoms with Gasteiger partial charge >= 0.3 is 0 Å². The molecule has 1 saturated heterocycles. The van der Waals surface area contributed by atoms with Crippen LogP contribution in [0.15, 0.2) is 22.6 Å². The molecule has 1 fully saturated rings. The SMILES string of the molecule is O=C(NC[C@@H]1CCCO1)c1cnc2sccn2c1=O. The summed E-state index contributed by atoms with van der Waals surface area (Å²) < 4.78 is 6.80. The molecule has 0 saturated carbocycles. The average molecular weight is 279 g/mol. The molecule has 6 nitrogen and oxygen atoms in total. The molecule has 1 N–H and O–H groups in total. The minimum absolute atomic E-state index is 0.0598. The maximum Gasteiger partial charge on any atom is 0.271 e. The molecule has 0 radical (unpaired) electrons. The number of fused-ring (bicyclic) bond motifs is 1. The molecule has 0 unspecified atom stereocenters. The van der Waals surface area contributed by atoms with Crippen LogP contribution >= 0.6 is 11.3 Å². The summed E-state index contributed by atoms with van der Waals surface area (Å²) in [6.45, 7) is 1.18. The number of thiazole rings is 1. The number of nitrogens with one attached hydrogen (secondary N) is 1. The quantitative estimate of drug-likeness (QED) is 0.896. The highest BCUT2D eigenvalue weighted by molar-refractivity contribution is 7.15. The van der Waals surface area contributed by atoms with Gasteiger partial charge in [-0.05, 0) is 12.8 Å². The number of carbonyl (C=O) groups is 1. The molecule has 0 aliphatic carbocycles. The fourth-order valence-electron chi connectivity index (χ4n) is 2.09. The summed E-state index contributed by atoms with van der Waals surface area (Å²) in [6.07, 6.45) is 4.97. The van der Waals surface area contributed by atoms with Gasteiger partial charge in [0.25, 0.3) is 11.5 Å². The van der Waals surface area contributed by atoms with Gasteiger partial charge in [-0.3, -0.25) is 14.0 Å². The summed E-state index contributed by atoms with van der Waals surface area (Å²) in [7, 11) is 0. The number of amides is 1. The maximum absolute atomic E-state index is 12.1. The average Bonchev–Trinajstić information content (AvgIpc) is 3.07. The Morgan fingerprint density at radius 1 is 1.63 bits per heavy atom. The first-order valence-electron chi connectivity index (χ1n) is 6.10. The van der Waals surface area contributed by atoms with Gasteiger partial charge in [-0.2, -0.15) is 0 Å². The molecular weight excluding hydrogens is 266 g/mol. The third-order valence-electron chi connectivity index (χ3n) is 3.10. The van der Waals surface area contributed by atoms with Crippen molar-refractivity contribution in [1.29, 1.82) is 0 Å². The highest BCUT2D eigenvalue weighted by Crippen LogP contribution is 2.10. The summed E-state index contributed by atoms with van der Waals surface area (Å²) in [6, 6.07) is 0. The topological polar surface area (TPSA) is 72.7 Å². The zero-order chi connectivity index (χ0) is 13.2. The van der Waals surface area contributed by atoms with Crippen molar-refractivity contribution in [3.05, 3.63) is 33.7 Å². The molecule has 2 aromatic rings. The summed E-state index contributed by atoms with van der Waals surface area (Å²) in [4.78, 5) is 28.7. The molecule has 2 aromatic heterocycles. The van der Waals surface area contributed by atoms with Gasteiger partial charge < -0.3 is 10.1 Å². The van der Waals surface area contributed by atoms with Crippen molar-refractivity contribution in [3.63, 3.8) is 0 Å². The second kappa shape index (κ2) is 5.10. The number of carbonyl (C=O) groups excluding carboxylic acids is 1. The monoisotopic (exact) mass is 279 g/mol. The summed E-state index contributed by atoms with van der Waals surface area (Å²) >= 11 is 1.36. The van der Waals surface area contributed by atoms with Gasteiger partial charge in [-0.25, -0.2) is 4.98 Å². The van der Waals surface area contributed by atoms with E-state index in [1.807, 2.05) is 0 Å². The predicted molar refractivity (Wildman–Crippen MR) is 70.6 cm³/mol. The lowest BCUT2D eigenvalue weighted by molar-refractivity contribution is 0.0856. The van der Waals surface area contributed by atoms with Crippen molar-refractivity contribution < 1.29 is 9.53 Å². The first-order chi connectivity index (χ1) is 9.25. The first-order valence-corrected chi connectivity index (χ1v) is 6.98. The second-order valence-corrected chi connectivity index (χ2v) is 5.25. The lowest BCUT2D eigenvalue weighted by atomic mass is 10.2. The van der Waals surface area contributed by atoms with Crippen LogP contribution in [-0.2, 0) is 4.74 Å². The molecule has 3 heterocycles. The van der Waals surface area contributed by atoms with Gasteiger partial charge in [-0.15, -0.1) is 11.3 Å². The highest BCUT2D eigenvalue weighted by atomic mass is 32.1. The number of rotatable bonds is 3. The molecule has 1 aliphatic rings. The maximum atomic E-state index is 12.1. The molecule has 1 atom stereocenters. The molecule has 1 aliphatic heterocycles. The van der Waals surface area contributed by atoms with Gasteiger partial charge in [0.2, 0.25) is 0 Å². The third kappa shape index (κ3) is 2.39. The lowest BCUT2D eigenvalue weighted by Crippen LogP contribution is -2.35. The van der Waals surface area contributed by atoms with Crippen molar-refractivity contribution in [2.24, 2.45) is 0 Å². The van der Waals surface area contributed by atoms with Crippen LogP contribution in [0, 0.1) is 0 Å². The van der Waals surface area contributed by atoms with E-state index in [9.17, 15) is 9.59 Å². The Morgan fingerprint density at radius 3 is 3.32 bits per heavy atom. The van der Waals surface area contributed by atoms with E-state index in [1.165, 1.54) is 21.9 Å². The van der Waals surface area contributed by atoms with Crippen LogP contribution in [0.25, 0.3) is 4.96 Å². The predicted octanol–water partition coefficient (Wildman–Crippen LogP) is 0.665. The molecule has 7 heteroatoms. The number of aromatic nitrogens is 2. The second-order valence-electron chi connectivity index (χ2n) is 4.38. The number of hydrogen-bond acceptors (Lipinski definition) is 5. The number of nitrogens with zero attached hydrogens (tertiary/aromatic N) is 2. The molecule has 1 amide bonds. The van der Waals surface area contributed by atoms with E-state index in [0.29, 0.717) is 11.5 Å². The van der Waals surface area contributed by atoms with Crippen molar-refractivity contribution >= 4 is 22.2 Å². The van der Waals surface area contributed by atoms with Gasteiger partial charge in [0.05, 0.1) is 6.10 Å². The van der Waals surface area contributed by atoms with Gasteiger partial charge in [-0.1, -0.05) is 0 Å². The highest BCUT2D eigenvalue weighted by Gasteiger charge is 2.18. The van der Waals surface area contributed by atoms with Gasteiger partial charge in [0.1, 0.15) is 5.56 Å².